The van der Waals surface area contributed by atoms with Crippen molar-refractivity contribution in [2.24, 2.45) is 7.05 Å². The lowest BCUT2D eigenvalue weighted by atomic mass is 10.3. The van der Waals surface area contributed by atoms with Crippen LogP contribution in [-0.4, -0.2) is 27.1 Å². The molecule has 1 aromatic carbocycles. The van der Waals surface area contributed by atoms with E-state index < -0.39 is 0 Å². The summed E-state index contributed by atoms with van der Waals surface area (Å²) in [5.74, 6) is 3.43. The van der Waals surface area contributed by atoms with Crippen LogP contribution in [0.15, 0.2) is 24.3 Å². The Balaban J connectivity index is 2.01. The second-order valence-electron chi connectivity index (χ2n) is 4.52. The van der Waals surface area contributed by atoms with Crippen molar-refractivity contribution >= 4 is 22.8 Å². The Kier molecular flexibility index (Phi) is 4.66. The molecule has 1 atom stereocenters. The summed E-state index contributed by atoms with van der Waals surface area (Å²) in [5, 5.41) is 3.53. The van der Waals surface area contributed by atoms with Crippen molar-refractivity contribution in [1.29, 1.82) is 0 Å². The van der Waals surface area contributed by atoms with Crippen molar-refractivity contribution in [1.82, 2.24) is 14.9 Å². The third-order valence-electron chi connectivity index (χ3n) is 3.06. The Morgan fingerprint density at radius 1 is 1.39 bits per heavy atom. The Hall–Kier alpha value is -1.00. The van der Waals surface area contributed by atoms with Crippen LogP contribution >= 0.6 is 11.8 Å². The molecule has 0 fully saturated rings. The van der Waals surface area contributed by atoms with E-state index in [9.17, 15) is 0 Å². The zero-order valence-electron chi connectivity index (χ0n) is 11.3. The van der Waals surface area contributed by atoms with Gasteiger partial charge in [0.2, 0.25) is 0 Å². The second-order valence-corrected chi connectivity index (χ2v) is 5.84. The Bertz CT molecular complexity index is 507. The zero-order chi connectivity index (χ0) is 13.0. The topological polar surface area (TPSA) is 29.9 Å². The number of fused-ring (bicyclic) bond motifs is 1. The lowest BCUT2D eigenvalue weighted by Crippen LogP contribution is -2.28. The molecule has 0 radical (unpaired) electrons. The highest BCUT2D eigenvalue weighted by atomic mass is 32.2. The Labute approximate surface area is 113 Å². The number of benzene rings is 1. The van der Waals surface area contributed by atoms with Gasteiger partial charge in [-0.1, -0.05) is 19.1 Å². The standard InChI is InChI=1S/C14H21N3S/c1-4-18-10-11(2)15-9-14-16-12-7-5-6-8-13(12)17(14)3/h5-8,11,15H,4,9-10H2,1-3H3. The summed E-state index contributed by atoms with van der Waals surface area (Å²) in [6.07, 6.45) is 0. The van der Waals surface area contributed by atoms with E-state index in [1.54, 1.807) is 0 Å². The summed E-state index contributed by atoms with van der Waals surface area (Å²) < 4.78 is 2.17. The SMILES string of the molecule is CCSCC(C)NCc1nc2ccccc2n1C. The maximum absolute atomic E-state index is 4.66. The van der Waals surface area contributed by atoms with E-state index in [-0.39, 0.29) is 0 Å². The van der Waals surface area contributed by atoms with Crippen LogP contribution in [0.3, 0.4) is 0 Å². The van der Waals surface area contributed by atoms with Gasteiger partial charge in [-0.15, -0.1) is 0 Å². The molecule has 98 valence electrons. The number of thioether (sulfide) groups is 1. The Morgan fingerprint density at radius 3 is 2.89 bits per heavy atom. The smallest absolute Gasteiger partial charge is 0.123 e. The minimum absolute atomic E-state index is 0.523. The molecule has 1 N–H and O–H groups in total. The van der Waals surface area contributed by atoms with E-state index in [1.807, 2.05) is 17.8 Å². The monoisotopic (exact) mass is 263 g/mol. The molecule has 1 aromatic heterocycles. The van der Waals surface area contributed by atoms with E-state index in [0.29, 0.717) is 6.04 Å². The quantitative estimate of drug-likeness (QED) is 0.869. The first-order chi connectivity index (χ1) is 8.72. The summed E-state index contributed by atoms with van der Waals surface area (Å²) in [4.78, 5) is 4.66. The second kappa shape index (κ2) is 6.25. The fourth-order valence-electron chi connectivity index (χ4n) is 1.97. The van der Waals surface area contributed by atoms with Crippen molar-refractivity contribution in [3.05, 3.63) is 30.1 Å². The van der Waals surface area contributed by atoms with Crippen molar-refractivity contribution < 1.29 is 0 Å². The lowest BCUT2D eigenvalue weighted by molar-refractivity contribution is 0.569. The molecule has 3 nitrogen and oxygen atoms in total. The molecule has 1 unspecified atom stereocenters. The summed E-state index contributed by atoms with van der Waals surface area (Å²) >= 11 is 1.97. The van der Waals surface area contributed by atoms with Gasteiger partial charge in [-0.2, -0.15) is 11.8 Å². The van der Waals surface area contributed by atoms with Gasteiger partial charge in [0, 0.05) is 18.8 Å². The molecule has 0 aliphatic carbocycles. The fraction of sp³-hybridized carbons (Fsp3) is 0.500. The summed E-state index contributed by atoms with van der Waals surface area (Å²) in [6, 6.07) is 8.79. The number of hydrogen-bond acceptors (Lipinski definition) is 3. The predicted molar refractivity (Wildman–Crippen MR) is 80.0 cm³/mol. The number of rotatable bonds is 6. The highest BCUT2D eigenvalue weighted by Crippen LogP contribution is 2.14. The van der Waals surface area contributed by atoms with Crippen LogP contribution in [0, 0.1) is 0 Å². The first-order valence-electron chi connectivity index (χ1n) is 6.43. The molecule has 2 rings (SSSR count). The molecule has 2 aromatic rings. The molecule has 0 saturated heterocycles. The fourth-order valence-corrected chi connectivity index (χ4v) is 2.68. The lowest BCUT2D eigenvalue weighted by Gasteiger charge is -2.12. The van der Waals surface area contributed by atoms with Crippen molar-refractivity contribution in [2.75, 3.05) is 11.5 Å². The maximum Gasteiger partial charge on any atom is 0.123 e. The molecular formula is C14H21N3S. The van der Waals surface area contributed by atoms with Crippen LogP contribution in [0.4, 0.5) is 0 Å². The maximum atomic E-state index is 4.66. The number of nitrogens with one attached hydrogen (secondary N) is 1. The third-order valence-corrected chi connectivity index (χ3v) is 4.20. The highest BCUT2D eigenvalue weighted by Gasteiger charge is 2.08. The highest BCUT2D eigenvalue weighted by molar-refractivity contribution is 7.99. The van der Waals surface area contributed by atoms with Gasteiger partial charge in [0.1, 0.15) is 5.82 Å². The number of aryl methyl sites for hydroxylation is 1. The number of aromatic nitrogens is 2. The van der Waals surface area contributed by atoms with Crippen molar-refractivity contribution in [2.45, 2.75) is 26.4 Å². The van der Waals surface area contributed by atoms with Gasteiger partial charge >= 0.3 is 0 Å². The molecule has 18 heavy (non-hydrogen) atoms. The first kappa shape index (κ1) is 13.4. The van der Waals surface area contributed by atoms with Crippen molar-refractivity contribution in [3.8, 4) is 0 Å². The van der Waals surface area contributed by atoms with E-state index >= 15 is 0 Å². The number of hydrogen-bond donors (Lipinski definition) is 1. The van der Waals surface area contributed by atoms with E-state index in [0.717, 1.165) is 23.6 Å². The minimum Gasteiger partial charge on any atom is -0.330 e. The Morgan fingerprint density at radius 2 is 2.17 bits per heavy atom. The molecule has 4 heteroatoms. The van der Waals surface area contributed by atoms with Crippen LogP contribution < -0.4 is 5.32 Å². The summed E-state index contributed by atoms with van der Waals surface area (Å²) in [7, 11) is 2.08. The molecule has 0 bridgehead atoms. The van der Waals surface area contributed by atoms with Gasteiger partial charge in [-0.3, -0.25) is 0 Å². The van der Waals surface area contributed by atoms with Gasteiger partial charge in [0.25, 0.3) is 0 Å². The average Bonchev–Trinajstić information content (AvgIpc) is 2.71. The normalized spacial score (nSPS) is 13.1. The van der Waals surface area contributed by atoms with E-state index in [1.165, 1.54) is 11.3 Å². The van der Waals surface area contributed by atoms with E-state index in [2.05, 4.69) is 54.0 Å². The zero-order valence-corrected chi connectivity index (χ0v) is 12.1. The van der Waals surface area contributed by atoms with Gasteiger partial charge in [0.15, 0.2) is 0 Å². The number of nitrogens with zero attached hydrogens (tertiary/aromatic N) is 2. The van der Waals surface area contributed by atoms with Crippen LogP contribution in [0.1, 0.15) is 19.7 Å². The summed E-state index contributed by atoms with van der Waals surface area (Å²) in [6.45, 7) is 5.25. The van der Waals surface area contributed by atoms with Gasteiger partial charge in [-0.25, -0.2) is 4.98 Å². The largest absolute Gasteiger partial charge is 0.330 e. The third kappa shape index (κ3) is 3.06. The molecule has 0 aliphatic heterocycles. The molecule has 0 amide bonds. The average molecular weight is 263 g/mol. The number of imidazole rings is 1. The number of para-hydroxylation sites is 2. The van der Waals surface area contributed by atoms with Crippen LogP contribution in [0.5, 0.6) is 0 Å². The van der Waals surface area contributed by atoms with Crippen molar-refractivity contribution in [3.63, 3.8) is 0 Å². The predicted octanol–water partition coefficient (Wildman–Crippen LogP) is 2.80. The van der Waals surface area contributed by atoms with E-state index in [4.69, 9.17) is 0 Å². The van der Waals surface area contributed by atoms with Gasteiger partial charge in [0.05, 0.1) is 17.6 Å². The van der Waals surface area contributed by atoms with Gasteiger partial charge in [-0.05, 0) is 24.8 Å². The van der Waals surface area contributed by atoms with Crippen LogP contribution in [0.2, 0.25) is 0 Å². The molecule has 0 aliphatic rings. The molecule has 1 heterocycles. The minimum atomic E-state index is 0.523. The molecular weight excluding hydrogens is 242 g/mol. The first-order valence-corrected chi connectivity index (χ1v) is 7.59. The van der Waals surface area contributed by atoms with Crippen LogP contribution in [0.25, 0.3) is 11.0 Å². The summed E-state index contributed by atoms with van der Waals surface area (Å²) in [5.41, 5.74) is 2.28. The van der Waals surface area contributed by atoms with Crippen LogP contribution in [-0.2, 0) is 13.6 Å². The van der Waals surface area contributed by atoms with Gasteiger partial charge < -0.3 is 9.88 Å². The molecule has 0 saturated carbocycles. The molecule has 0 spiro atoms.